The lowest BCUT2D eigenvalue weighted by atomic mass is 9.97. The zero-order chi connectivity index (χ0) is 9.41. The van der Waals surface area contributed by atoms with E-state index in [4.69, 9.17) is 4.74 Å². The van der Waals surface area contributed by atoms with Crippen LogP contribution in [0.3, 0.4) is 0 Å². The summed E-state index contributed by atoms with van der Waals surface area (Å²) in [6.45, 7) is 9.30. The highest BCUT2D eigenvalue weighted by Gasteiger charge is 2.40. The molecule has 2 heteroatoms. The highest BCUT2D eigenvalue weighted by Crippen LogP contribution is 2.35. The first kappa shape index (κ1) is 9.75. The van der Waals surface area contributed by atoms with Crippen LogP contribution in [0.15, 0.2) is 12.7 Å². The van der Waals surface area contributed by atoms with Gasteiger partial charge in [-0.1, -0.05) is 6.08 Å². The number of rotatable bonds is 2. The van der Waals surface area contributed by atoms with Crippen molar-refractivity contribution in [1.82, 2.24) is 0 Å². The lowest BCUT2D eigenvalue weighted by Gasteiger charge is -2.28. The molecule has 0 aromatic carbocycles. The van der Waals surface area contributed by atoms with Crippen LogP contribution >= 0.6 is 0 Å². The van der Waals surface area contributed by atoms with E-state index in [9.17, 15) is 5.11 Å². The smallest absolute Gasteiger partial charge is 0.0869 e. The number of ether oxygens (including phenoxy) is 1. The monoisotopic (exact) mass is 170 g/mol. The van der Waals surface area contributed by atoms with Crippen LogP contribution in [-0.4, -0.2) is 22.4 Å². The third kappa shape index (κ3) is 1.87. The van der Waals surface area contributed by atoms with Crippen molar-refractivity contribution in [3.8, 4) is 0 Å². The number of hydrogen-bond donors (Lipinski definition) is 1. The molecule has 1 N–H and O–H groups in total. The predicted octanol–water partition coefficient (Wildman–Crippen LogP) is 1.88. The molecule has 2 atom stereocenters. The van der Waals surface area contributed by atoms with E-state index in [1.807, 2.05) is 13.0 Å². The molecule has 0 amide bonds. The largest absolute Gasteiger partial charge is 0.388 e. The Kier molecular flexibility index (Phi) is 2.32. The summed E-state index contributed by atoms with van der Waals surface area (Å²) >= 11 is 0. The lowest BCUT2D eigenvalue weighted by molar-refractivity contribution is -0.0997. The van der Waals surface area contributed by atoms with Crippen molar-refractivity contribution >= 4 is 0 Å². The van der Waals surface area contributed by atoms with Crippen molar-refractivity contribution in [2.75, 3.05) is 0 Å². The standard InChI is InChI=1S/C10H18O2/c1-5-10(4)7-6-8(12-10)9(2,3)11/h5,8,11H,1,6-7H2,2-4H3/t8?,10-/m1/s1. The molecule has 1 saturated heterocycles. The molecule has 0 aromatic rings. The van der Waals surface area contributed by atoms with Crippen molar-refractivity contribution in [1.29, 1.82) is 0 Å². The molecule has 1 rings (SSSR count). The van der Waals surface area contributed by atoms with Gasteiger partial charge in [-0.15, -0.1) is 6.58 Å². The third-order valence-corrected chi connectivity index (χ3v) is 2.53. The summed E-state index contributed by atoms with van der Waals surface area (Å²) in [6.07, 6.45) is 3.62. The fourth-order valence-corrected chi connectivity index (χ4v) is 1.51. The first-order chi connectivity index (χ1) is 5.37. The van der Waals surface area contributed by atoms with Crippen LogP contribution in [0.2, 0.25) is 0 Å². The van der Waals surface area contributed by atoms with E-state index in [0.717, 1.165) is 12.8 Å². The van der Waals surface area contributed by atoms with Gasteiger partial charge < -0.3 is 9.84 Å². The van der Waals surface area contributed by atoms with Gasteiger partial charge in [0.25, 0.3) is 0 Å². The van der Waals surface area contributed by atoms with Gasteiger partial charge in [-0.3, -0.25) is 0 Å². The van der Waals surface area contributed by atoms with E-state index in [1.54, 1.807) is 13.8 Å². The number of hydrogen-bond acceptors (Lipinski definition) is 2. The highest BCUT2D eigenvalue weighted by molar-refractivity contribution is 5.01. The Morgan fingerprint density at radius 1 is 1.67 bits per heavy atom. The molecule has 2 nitrogen and oxygen atoms in total. The molecule has 1 aliphatic rings. The lowest BCUT2D eigenvalue weighted by Crippen LogP contribution is -2.37. The summed E-state index contributed by atoms with van der Waals surface area (Å²) in [5.41, 5.74) is -0.967. The van der Waals surface area contributed by atoms with E-state index < -0.39 is 5.60 Å². The van der Waals surface area contributed by atoms with Crippen LogP contribution in [-0.2, 0) is 4.74 Å². The number of aliphatic hydroxyl groups is 1. The zero-order valence-electron chi connectivity index (χ0n) is 8.13. The fraction of sp³-hybridized carbons (Fsp3) is 0.800. The van der Waals surface area contributed by atoms with Crippen LogP contribution in [0.1, 0.15) is 33.6 Å². The maximum absolute atomic E-state index is 9.69. The van der Waals surface area contributed by atoms with E-state index in [0.29, 0.717) is 0 Å². The summed E-state index contributed by atoms with van der Waals surface area (Å²) in [5, 5.41) is 9.69. The summed E-state index contributed by atoms with van der Waals surface area (Å²) in [5.74, 6) is 0. The minimum Gasteiger partial charge on any atom is -0.388 e. The van der Waals surface area contributed by atoms with Crippen molar-refractivity contribution in [2.45, 2.75) is 50.9 Å². The SMILES string of the molecule is C=C[C@]1(C)CCC(C(C)(C)O)O1. The Labute approximate surface area is 74.2 Å². The van der Waals surface area contributed by atoms with E-state index in [-0.39, 0.29) is 11.7 Å². The molecular weight excluding hydrogens is 152 g/mol. The van der Waals surface area contributed by atoms with Gasteiger partial charge in [0.15, 0.2) is 0 Å². The van der Waals surface area contributed by atoms with Crippen LogP contribution in [0.25, 0.3) is 0 Å². The Morgan fingerprint density at radius 3 is 2.50 bits per heavy atom. The molecule has 12 heavy (non-hydrogen) atoms. The first-order valence-electron chi connectivity index (χ1n) is 4.41. The molecule has 0 aliphatic carbocycles. The minimum absolute atomic E-state index is 0.0551. The Bertz CT molecular complexity index is 181. The molecule has 0 radical (unpaired) electrons. The van der Waals surface area contributed by atoms with Crippen molar-refractivity contribution in [3.05, 3.63) is 12.7 Å². The molecule has 0 aromatic heterocycles. The van der Waals surface area contributed by atoms with Crippen molar-refractivity contribution < 1.29 is 9.84 Å². The van der Waals surface area contributed by atoms with Gasteiger partial charge in [-0.2, -0.15) is 0 Å². The van der Waals surface area contributed by atoms with E-state index in [2.05, 4.69) is 6.58 Å². The van der Waals surface area contributed by atoms with Gasteiger partial charge in [0.1, 0.15) is 0 Å². The predicted molar refractivity (Wildman–Crippen MR) is 49.0 cm³/mol. The fourth-order valence-electron chi connectivity index (χ4n) is 1.51. The first-order valence-corrected chi connectivity index (χ1v) is 4.41. The molecular formula is C10H18O2. The quantitative estimate of drug-likeness (QED) is 0.641. The van der Waals surface area contributed by atoms with E-state index in [1.165, 1.54) is 0 Å². The summed E-state index contributed by atoms with van der Waals surface area (Å²) in [6, 6.07) is 0. The Hall–Kier alpha value is -0.340. The van der Waals surface area contributed by atoms with Crippen LogP contribution in [0.5, 0.6) is 0 Å². The second kappa shape index (κ2) is 2.86. The van der Waals surface area contributed by atoms with Crippen molar-refractivity contribution in [3.63, 3.8) is 0 Å². The summed E-state index contributed by atoms with van der Waals surface area (Å²) in [7, 11) is 0. The molecule has 0 bridgehead atoms. The topological polar surface area (TPSA) is 29.5 Å². The normalized spacial score (nSPS) is 36.8. The van der Waals surface area contributed by atoms with Crippen molar-refractivity contribution in [2.24, 2.45) is 0 Å². The van der Waals surface area contributed by atoms with Crippen LogP contribution in [0.4, 0.5) is 0 Å². The highest BCUT2D eigenvalue weighted by atomic mass is 16.5. The third-order valence-electron chi connectivity index (χ3n) is 2.53. The zero-order valence-corrected chi connectivity index (χ0v) is 8.13. The van der Waals surface area contributed by atoms with E-state index >= 15 is 0 Å². The van der Waals surface area contributed by atoms with Gasteiger partial charge in [-0.05, 0) is 33.6 Å². The summed E-state index contributed by atoms with van der Waals surface area (Å²) in [4.78, 5) is 0. The molecule has 1 aliphatic heterocycles. The van der Waals surface area contributed by atoms with Gasteiger partial charge in [0, 0.05) is 0 Å². The Balaban J connectivity index is 2.63. The molecule has 0 saturated carbocycles. The van der Waals surface area contributed by atoms with Gasteiger partial charge in [-0.25, -0.2) is 0 Å². The van der Waals surface area contributed by atoms with Gasteiger partial charge in [0.05, 0.1) is 17.3 Å². The van der Waals surface area contributed by atoms with Gasteiger partial charge >= 0.3 is 0 Å². The van der Waals surface area contributed by atoms with Crippen LogP contribution < -0.4 is 0 Å². The molecule has 1 unspecified atom stereocenters. The van der Waals surface area contributed by atoms with Crippen LogP contribution in [0, 0.1) is 0 Å². The second-order valence-electron chi connectivity index (χ2n) is 4.32. The molecule has 0 spiro atoms. The maximum atomic E-state index is 9.69. The average molecular weight is 170 g/mol. The molecule has 1 fully saturated rings. The molecule has 1 heterocycles. The molecule has 70 valence electrons. The second-order valence-corrected chi connectivity index (χ2v) is 4.32. The van der Waals surface area contributed by atoms with Gasteiger partial charge in [0.2, 0.25) is 0 Å². The minimum atomic E-state index is -0.735. The summed E-state index contributed by atoms with van der Waals surface area (Å²) < 4.78 is 5.69. The maximum Gasteiger partial charge on any atom is 0.0869 e. The average Bonchev–Trinajstić information content (AvgIpc) is 2.32. The Morgan fingerprint density at radius 2 is 2.25 bits per heavy atom.